The Kier molecular flexibility index (Phi) is 7.32. The van der Waals surface area contributed by atoms with Crippen LogP contribution in [0.15, 0.2) is 72.3 Å². The van der Waals surface area contributed by atoms with Crippen LogP contribution in [0.2, 0.25) is 0 Å². The molecule has 0 bridgehead atoms. The molecule has 1 N–H and O–H groups in total. The highest BCUT2D eigenvalue weighted by molar-refractivity contribution is 5.99. The zero-order valence-electron chi connectivity index (χ0n) is 23.1. The Hall–Kier alpha value is -4.98. The molecule has 5 aromatic rings. The first-order valence-corrected chi connectivity index (χ1v) is 12.9. The van der Waals surface area contributed by atoms with Gasteiger partial charge in [-0.2, -0.15) is 0 Å². The molecule has 0 atom stereocenters. The second-order valence-electron chi connectivity index (χ2n) is 10.1. The van der Waals surface area contributed by atoms with Gasteiger partial charge in [-0.05, 0) is 85.9 Å². The first-order chi connectivity index (χ1) is 19.5. The number of Topliss-reactive ketones (excluding diaryl/α,β-unsaturated/α-hetero) is 1. The lowest BCUT2D eigenvalue weighted by Crippen LogP contribution is -2.23. The molecule has 0 aliphatic carbocycles. The highest BCUT2D eigenvalue weighted by Gasteiger charge is 2.22. The molecular formula is C33H27F2N3O3. The average Bonchev–Trinajstić information content (AvgIpc) is 2.91. The summed E-state index contributed by atoms with van der Waals surface area (Å²) in [7, 11) is 0. The van der Waals surface area contributed by atoms with Crippen molar-refractivity contribution in [2.45, 2.75) is 34.1 Å². The molecule has 2 aromatic carbocycles. The second kappa shape index (κ2) is 10.9. The number of hydrogen-bond acceptors (Lipinski definition) is 5. The molecule has 0 aliphatic heterocycles. The number of fused-ring (bicyclic) bond motifs is 1. The molecule has 3 heterocycles. The molecule has 0 amide bonds. The van der Waals surface area contributed by atoms with E-state index in [1.54, 1.807) is 45.3 Å². The monoisotopic (exact) mass is 551 g/mol. The lowest BCUT2D eigenvalue weighted by atomic mass is 9.93. The Labute approximate surface area is 235 Å². The summed E-state index contributed by atoms with van der Waals surface area (Å²) in [5.41, 5.74) is 5.04. The van der Waals surface area contributed by atoms with Crippen molar-refractivity contribution in [2.24, 2.45) is 0 Å². The molecule has 0 saturated carbocycles. The molecule has 8 heteroatoms. The zero-order valence-corrected chi connectivity index (χ0v) is 23.1. The SMILES string of the molecule is C=C(C)c1cnc2c(Oc3ccc(CC(=O)c4c(C)[nH]c(C)c(-c5ccc(F)cc5C)c4=O)cc3F)ccnc2c1. The molecule has 0 unspecified atom stereocenters. The van der Waals surface area contributed by atoms with Gasteiger partial charge in [-0.15, -0.1) is 0 Å². The number of nitrogens with zero attached hydrogens (tertiary/aromatic N) is 2. The molecule has 5 rings (SSSR count). The summed E-state index contributed by atoms with van der Waals surface area (Å²) in [4.78, 5) is 38.7. The number of carbonyl (C=O) groups excluding carboxylic acids is 1. The van der Waals surface area contributed by atoms with Crippen LogP contribution in [-0.2, 0) is 6.42 Å². The van der Waals surface area contributed by atoms with E-state index >= 15 is 4.39 Å². The van der Waals surface area contributed by atoms with E-state index in [0.717, 1.165) is 11.1 Å². The number of benzene rings is 2. The minimum Gasteiger partial charge on any atom is -0.452 e. The smallest absolute Gasteiger partial charge is 0.200 e. The van der Waals surface area contributed by atoms with E-state index in [1.165, 1.54) is 30.3 Å². The number of ether oxygens (including phenoxy) is 1. The third kappa shape index (κ3) is 5.41. The van der Waals surface area contributed by atoms with Gasteiger partial charge in [-0.3, -0.25) is 19.6 Å². The van der Waals surface area contributed by atoms with Crippen molar-refractivity contribution in [2.75, 3.05) is 0 Å². The minimum atomic E-state index is -0.670. The number of pyridine rings is 3. The predicted molar refractivity (Wildman–Crippen MR) is 155 cm³/mol. The van der Waals surface area contributed by atoms with Crippen molar-refractivity contribution >= 4 is 22.4 Å². The van der Waals surface area contributed by atoms with Gasteiger partial charge in [0.15, 0.2) is 23.1 Å². The number of carbonyl (C=O) groups is 1. The highest BCUT2D eigenvalue weighted by atomic mass is 19.1. The quantitative estimate of drug-likeness (QED) is 0.213. The van der Waals surface area contributed by atoms with E-state index < -0.39 is 22.8 Å². The standard InChI is InChI=1S/C33H27F2N3O3/c1-17(2)22-15-26-32(37-16-22)29(10-11-36-26)41-28-9-6-21(13-25(28)35)14-27(39)31-20(5)38-19(4)30(33(31)40)24-8-7-23(34)12-18(24)3/h6-13,15-16H,1,14H2,2-5H3,(H,38,40). The van der Waals surface area contributed by atoms with E-state index in [4.69, 9.17) is 4.74 Å². The number of ketones is 1. The second-order valence-corrected chi connectivity index (χ2v) is 10.1. The summed E-state index contributed by atoms with van der Waals surface area (Å²) in [5.74, 6) is -1.26. The molecule has 0 radical (unpaired) electrons. The maximum atomic E-state index is 15.2. The Balaban J connectivity index is 1.42. The van der Waals surface area contributed by atoms with E-state index in [-0.39, 0.29) is 17.7 Å². The number of rotatable bonds is 7. The number of aryl methyl sites for hydroxylation is 3. The molecule has 41 heavy (non-hydrogen) atoms. The molecule has 0 spiro atoms. The molecule has 0 aliphatic rings. The van der Waals surface area contributed by atoms with Gasteiger partial charge in [0.05, 0.1) is 11.1 Å². The van der Waals surface area contributed by atoms with Crippen molar-refractivity contribution < 1.29 is 18.3 Å². The van der Waals surface area contributed by atoms with Crippen molar-refractivity contribution in [1.82, 2.24) is 15.0 Å². The topological polar surface area (TPSA) is 84.9 Å². The fourth-order valence-electron chi connectivity index (χ4n) is 4.89. The Morgan fingerprint density at radius 3 is 2.46 bits per heavy atom. The summed E-state index contributed by atoms with van der Waals surface area (Å²) in [6.07, 6.45) is 3.01. The molecule has 3 aromatic heterocycles. The Morgan fingerprint density at radius 1 is 0.976 bits per heavy atom. The van der Waals surface area contributed by atoms with E-state index in [9.17, 15) is 14.0 Å². The van der Waals surface area contributed by atoms with Crippen molar-refractivity contribution in [1.29, 1.82) is 0 Å². The van der Waals surface area contributed by atoms with Crippen LogP contribution in [0.1, 0.15) is 45.4 Å². The lowest BCUT2D eigenvalue weighted by molar-refractivity contribution is 0.0991. The number of H-pyrrole nitrogens is 1. The van der Waals surface area contributed by atoms with Gasteiger partial charge in [0, 0.05) is 41.8 Å². The van der Waals surface area contributed by atoms with Gasteiger partial charge < -0.3 is 9.72 Å². The number of hydrogen-bond donors (Lipinski definition) is 1. The number of aromatic nitrogens is 3. The average molecular weight is 552 g/mol. The molecule has 206 valence electrons. The molecule has 6 nitrogen and oxygen atoms in total. The maximum absolute atomic E-state index is 15.2. The third-order valence-electron chi connectivity index (χ3n) is 6.93. The summed E-state index contributed by atoms with van der Waals surface area (Å²) in [6.45, 7) is 10.9. The minimum absolute atomic E-state index is 0.0153. The maximum Gasteiger partial charge on any atom is 0.200 e. The van der Waals surface area contributed by atoms with Crippen LogP contribution in [0.3, 0.4) is 0 Å². The fraction of sp³-hybridized carbons (Fsp3) is 0.152. The fourth-order valence-corrected chi connectivity index (χ4v) is 4.89. The zero-order chi connectivity index (χ0) is 29.4. The summed E-state index contributed by atoms with van der Waals surface area (Å²) in [6, 6.07) is 11.8. The normalized spacial score (nSPS) is 11.1. The van der Waals surface area contributed by atoms with Crippen molar-refractivity contribution in [3.8, 4) is 22.6 Å². The van der Waals surface area contributed by atoms with Crippen LogP contribution in [0, 0.1) is 32.4 Å². The van der Waals surface area contributed by atoms with Crippen LogP contribution in [0.25, 0.3) is 27.7 Å². The molecule has 0 saturated heterocycles. The van der Waals surface area contributed by atoms with Gasteiger partial charge in [-0.1, -0.05) is 18.7 Å². The first-order valence-electron chi connectivity index (χ1n) is 12.9. The van der Waals surface area contributed by atoms with Crippen LogP contribution in [0.5, 0.6) is 11.5 Å². The number of aromatic amines is 1. The number of allylic oxidation sites excluding steroid dienone is 1. The van der Waals surface area contributed by atoms with Crippen LogP contribution in [0.4, 0.5) is 8.78 Å². The van der Waals surface area contributed by atoms with E-state index in [0.29, 0.717) is 50.4 Å². The third-order valence-corrected chi connectivity index (χ3v) is 6.93. The molecule has 0 fully saturated rings. The lowest BCUT2D eigenvalue weighted by Gasteiger charge is -2.14. The molecular weight excluding hydrogens is 524 g/mol. The van der Waals surface area contributed by atoms with Crippen LogP contribution >= 0.6 is 0 Å². The first kappa shape index (κ1) is 27.6. The van der Waals surface area contributed by atoms with Crippen LogP contribution < -0.4 is 10.2 Å². The summed E-state index contributed by atoms with van der Waals surface area (Å²) < 4.78 is 34.7. The predicted octanol–water partition coefficient (Wildman–Crippen LogP) is 7.44. The number of halogens is 2. The van der Waals surface area contributed by atoms with Gasteiger partial charge in [0.25, 0.3) is 0 Å². The summed E-state index contributed by atoms with van der Waals surface area (Å²) >= 11 is 0. The Morgan fingerprint density at radius 2 is 1.76 bits per heavy atom. The van der Waals surface area contributed by atoms with Crippen molar-refractivity contribution in [3.05, 3.63) is 123 Å². The van der Waals surface area contributed by atoms with Gasteiger partial charge in [-0.25, -0.2) is 8.78 Å². The van der Waals surface area contributed by atoms with E-state index in [2.05, 4.69) is 21.5 Å². The largest absolute Gasteiger partial charge is 0.452 e. The van der Waals surface area contributed by atoms with Crippen molar-refractivity contribution in [3.63, 3.8) is 0 Å². The summed E-state index contributed by atoms with van der Waals surface area (Å²) in [5, 5.41) is 0. The highest BCUT2D eigenvalue weighted by Crippen LogP contribution is 2.31. The van der Waals surface area contributed by atoms with Gasteiger partial charge >= 0.3 is 0 Å². The van der Waals surface area contributed by atoms with Gasteiger partial charge in [0.2, 0.25) is 5.43 Å². The number of nitrogens with one attached hydrogen (secondary N) is 1. The van der Waals surface area contributed by atoms with Gasteiger partial charge in [0.1, 0.15) is 11.3 Å². The van der Waals surface area contributed by atoms with E-state index in [1.807, 2.05) is 13.0 Å². The Bertz CT molecular complexity index is 1930. The van der Waals surface area contributed by atoms with Crippen LogP contribution in [-0.4, -0.2) is 20.7 Å².